The van der Waals surface area contributed by atoms with Crippen molar-refractivity contribution in [1.29, 1.82) is 0 Å². The number of benzene rings is 1. The van der Waals surface area contributed by atoms with Crippen molar-refractivity contribution in [1.82, 2.24) is 24.6 Å². The molecule has 10 nitrogen and oxygen atoms in total. The second-order valence-corrected chi connectivity index (χ2v) is 10.0. The summed E-state index contributed by atoms with van der Waals surface area (Å²) in [5.41, 5.74) is 2.83. The molecule has 0 bridgehead atoms. The first-order chi connectivity index (χ1) is 16.8. The normalized spacial score (nSPS) is 17.2. The Morgan fingerprint density at radius 3 is 2.37 bits per heavy atom. The van der Waals surface area contributed by atoms with Crippen LogP contribution in [0.25, 0.3) is 16.7 Å². The van der Waals surface area contributed by atoms with Crippen molar-refractivity contribution < 1.29 is 14.3 Å². The number of hydrogen-bond donors (Lipinski definition) is 0. The molecule has 3 aromatic rings. The van der Waals surface area contributed by atoms with Gasteiger partial charge < -0.3 is 24.2 Å². The van der Waals surface area contributed by atoms with E-state index in [1.54, 1.807) is 11.2 Å². The highest BCUT2D eigenvalue weighted by atomic mass is 16.6. The molecule has 1 amide bonds. The number of nitrogens with zero attached hydrogens (tertiary/aromatic N) is 7. The zero-order valence-electron chi connectivity index (χ0n) is 20.9. The van der Waals surface area contributed by atoms with Crippen molar-refractivity contribution in [2.45, 2.75) is 33.3 Å². The second-order valence-electron chi connectivity index (χ2n) is 10.0. The third kappa shape index (κ3) is 5.02. The minimum atomic E-state index is -0.489. The summed E-state index contributed by atoms with van der Waals surface area (Å²) in [4.78, 5) is 27.8. The van der Waals surface area contributed by atoms with Gasteiger partial charge in [-0.25, -0.2) is 19.4 Å². The van der Waals surface area contributed by atoms with Gasteiger partial charge in [0.05, 0.1) is 24.9 Å². The summed E-state index contributed by atoms with van der Waals surface area (Å²) in [5.74, 6) is 1.62. The molecule has 2 fully saturated rings. The molecule has 0 radical (unpaired) electrons. The third-order valence-corrected chi connectivity index (χ3v) is 6.35. The number of hydrogen-bond acceptors (Lipinski definition) is 8. The zero-order chi connectivity index (χ0) is 24.6. The van der Waals surface area contributed by atoms with Crippen molar-refractivity contribution in [3.63, 3.8) is 0 Å². The van der Waals surface area contributed by atoms with E-state index >= 15 is 0 Å². The average molecular weight is 480 g/mol. The highest BCUT2D eigenvalue weighted by Gasteiger charge is 2.27. The summed E-state index contributed by atoms with van der Waals surface area (Å²) >= 11 is 0. The number of piperazine rings is 1. The highest BCUT2D eigenvalue weighted by molar-refractivity contribution is 5.85. The molecule has 0 spiro atoms. The lowest BCUT2D eigenvalue weighted by Crippen LogP contribution is -2.50. The molecule has 0 saturated carbocycles. The third-order valence-electron chi connectivity index (χ3n) is 6.35. The first-order valence-corrected chi connectivity index (χ1v) is 12.1. The summed E-state index contributed by atoms with van der Waals surface area (Å²) in [5, 5.41) is 5.70. The molecule has 0 atom stereocenters. The van der Waals surface area contributed by atoms with Crippen molar-refractivity contribution in [3.8, 4) is 5.82 Å². The number of carbonyl (C=O) groups is 1. The number of rotatable bonds is 3. The van der Waals surface area contributed by atoms with E-state index in [-0.39, 0.29) is 6.09 Å². The molecule has 4 heterocycles. The summed E-state index contributed by atoms with van der Waals surface area (Å²) < 4.78 is 12.9. The molecule has 2 aliphatic rings. The fraction of sp³-hybridized carbons (Fsp3) is 0.520. The number of carbonyl (C=O) groups excluding carboxylic acids is 1. The molecule has 2 aromatic heterocycles. The quantitative estimate of drug-likeness (QED) is 0.567. The Morgan fingerprint density at radius 2 is 1.66 bits per heavy atom. The summed E-state index contributed by atoms with van der Waals surface area (Å²) in [6, 6.07) is 6.33. The predicted octanol–water partition coefficient (Wildman–Crippen LogP) is 3.02. The van der Waals surface area contributed by atoms with Crippen LogP contribution in [0.1, 0.15) is 26.3 Å². The smallest absolute Gasteiger partial charge is 0.410 e. The van der Waals surface area contributed by atoms with E-state index in [9.17, 15) is 4.79 Å². The number of anilines is 2. The minimum absolute atomic E-state index is 0.248. The number of amides is 1. The van der Waals surface area contributed by atoms with Gasteiger partial charge in [-0.2, -0.15) is 5.10 Å². The summed E-state index contributed by atoms with van der Waals surface area (Å²) in [6.07, 6.45) is 3.23. The molecule has 10 heteroatoms. The number of aryl methyl sites for hydroxylation is 1. The van der Waals surface area contributed by atoms with Gasteiger partial charge in [0.1, 0.15) is 17.7 Å². The molecular formula is C25H33N7O3. The maximum atomic E-state index is 12.5. The van der Waals surface area contributed by atoms with E-state index in [0.29, 0.717) is 26.3 Å². The van der Waals surface area contributed by atoms with E-state index < -0.39 is 5.60 Å². The fourth-order valence-corrected chi connectivity index (χ4v) is 4.57. The monoisotopic (exact) mass is 479 g/mol. The summed E-state index contributed by atoms with van der Waals surface area (Å²) in [6.45, 7) is 13.6. The lowest BCUT2D eigenvalue weighted by atomic mass is 10.1. The van der Waals surface area contributed by atoms with Crippen LogP contribution in [0.15, 0.2) is 30.7 Å². The molecule has 0 N–H and O–H groups in total. The van der Waals surface area contributed by atoms with E-state index in [4.69, 9.17) is 9.47 Å². The fourth-order valence-electron chi connectivity index (χ4n) is 4.57. The highest BCUT2D eigenvalue weighted by Crippen LogP contribution is 2.29. The van der Waals surface area contributed by atoms with Gasteiger partial charge in [-0.3, -0.25) is 0 Å². The standard InChI is InChI=1S/C25H33N7O3/c1-18-13-19-16-28-32(23-15-22(26-17-27-23)30-9-11-34-12-10-30)21(19)14-20(18)29-5-7-31(8-6-29)24(33)35-25(2,3)4/h13-17H,5-12H2,1-4H3. The zero-order valence-corrected chi connectivity index (χ0v) is 20.9. The molecule has 2 aliphatic heterocycles. The van der Waals surface area contributed by atoms with Crippen molar-refractivity contribution in [3.05, 3.63) is 36.3 Å². The molecule has 2 saturated heterocycles. The van der Waals surface area contributed by atoms with Crippen LogP contribution in [0.4, 0.5) is 16.3 Å². The van der Waals surface area contributed by atoms with E-state index in [0.717, 1.165) is 54.4 Å². The van der Waals surface area contributed by atoms with Crippen molar-refractivity contribution in [2.75, 3.05) is 62.3 Å². The average Bonchev–Trinajstić information content (AvgIpc) is 3.26. The Bertz CT molecular complexity index is 1210. The number of morpholine rings is 1. The van der Waals surface area contributed by atoms with Crippen LogP contribution < -0.4 is 9.80 Å². The van der Waals surface area contributed by atoms with Gasteiger partial charge in [-0.15, -0.1) is 0 Å². The minimum Gasteiger partial charge on any atom is -0.444 e. The maximum Gasteiger partial charge on any atom is 0.410 e. The molecule has 35 heavy (non-hydrogen) atoms. The van der Waals surface area contributed by atoms with Gasteiger partial charge in [0, 0.05) is 56.4 Å². The van der Waals surface area contributed by atoms with E-state index in [2.05, 4.69) is 43.9 Å². The van der Waals surface area contributed by atoms with Crippen LogP contribution in [0, 0.1) is 6.92 Å². The van der Waals surface area contributed by atoms with Crippen molar-refractivity contribution >= 4 is 28.5 Å². The lowest BCUT2D eigenvalue weighted by molar-refractivity contribution is 0.0240. The molecule has 0 unspecified atom stereocenters. The predicted molar refractivity (Wildman–Crippen MR) is 134 cm³/mol. The van der Waals surface area contributed by atoms with Gasteiger partial charge in [-0.05, 0) is 45.4 Å². The number of aromatic nitrogens is 4. The van der Waals surface area contributed by atoms with Crippen LogP contribution in [-0.4, -0.2) is 88.8 Å². The molecule has 0 aliphatic carbocycles. The second kappa shape index (κ2) is 9.33. The van der Waals surface area contributed by atoms with Gasteiger partial charge in [0.25, 0.3) is 0 Å². The van der Waals surface area contributed by atoms with Gasteiger partial charge in [-0.1, -0.05) is 0 Å². The Balaban J connectivity index is 1.38. The Hall–Kier alpha value is -3.40. The SMILES string of the molecule is Cc1cc2cnn(-c3cc(N4CCOCC4)ncn3)c2cc1N1CCN(C(=O)OC(C)(C)C)CC1. The lowest BCUT2D eigenvalue weighted by Gasteiger charge is -2.37. The van der Waals surface area contributed by atoms with E-state index in [1.165, 1.54) is 5.56 Å². The topological polar surface area (TPSA) is 88.9 Å². The largest absolute Gasteiger partial charge is 0.444 e. The van der Waals surface area contributed by atoms with Crippen LogP contribution in [0.5, 0.6) is 0 Å². The first-order valence-electron chi connectivity index (χ1n) is 12.1. The van der Waals surface area contributed by atoms with Crippen molar-refractivity contribution in [2.24, 2.45) is 0 Å². The maximum absolute atomic E-state index is 12.5. The number of fused-ring (bicyclic) bond motifs is 1. The molecular weight excluding hydrogens is 446 g/mol. The Labute approximate surface area is 205 Å². The molecule has 1 aromatic carbocycles. The van der Waals surface area contributed by atoms with Gasteiger partial charge in [0.2, 0.25) is 0 Å². The Morgan fingerprint density at radius 1 is 0.943 bits per heavy atom. The van der Waals surface area contributed by atoms with Crippen LogP contribution in [0.3, 0.4) is 0 Å². The number of ether oxygens (including phenoxy) is 2. The Kier molecular flexibility index (Phi) is 6.22. The van der Waals surface area contributed by atoms with Gasteiger partial charge in [0.15, 0.2) is 5.82 Å². The van der Waals surface area contributed by atoms with Crippen LogP contribution in [-0.2, 0) is 9.47 Å². The van der Waals surface area contributed by atoms with E-state index in [1.807, 2.05) is 37.7 Å². The first kappa shape index (κ1) is 23.3. The molecule has 186 valence electrons. The molecule has 5 rings (SSSR count). The van der Waals surface area contributed by atoms with Crippen LogP contribution in [0.2, 0.25) is 0 Å². The van der Waals surface area contributed by atoms with Gasteiger partial charge >= 0.3 is 6.09 Å². The summed E-state index contributed by atoms with van der Waals surface area (Å²) in [7, 11) is 0. The van der Waals surface area contributed by atoms with Crippen LogP contribution >= 0.6 is 0 Å².